The Morgan fingerprint density at radius 3 is 1.36 bits per heavy atom. The number of esters is 2. The summed E-state index contributed by atoms with van der Waals surface area (Å²) in [4.78, 5) is 107. The van der Waals surface area contributed by atoms with Gasteiger partial charge in [-0.15, -0.1) is 6.42 Å². The minimum Gasteiger partial charge on any atom is -0.491 e. The molecule has 4 aromatic carbocycles. The van der Waals surface area contributed by atoms with E-state index in [1.54, 1.807) is 120 Å². The van der Waals surface area contributed by atoms with Gasteiger partial charge in [-0.1, -0.05) is 78.7 Å². The molecular formula is C63H84N6O16. The summed E-state index contributed by atoms with van der Waals surface area (Å²) >= 11 is 0. The third kappa shape index (κ3) is 30.6. The first-order chi connectivity index (χ1) is 40.2. The summed E-state index contributed by atoms with van der Waals surface area (Å²) in [5.74, 6) is -1.60. The number of ether oxygens (including phenoxy) is 7. The van der Waals surface area contributed by atoms with Crippen LogP contribution in [0.25, 0.3) is 0 Å². The van der Waals surface area contributed by atoms with Crippen LogP contribution in [0.3, 0.4) is 0 Å². The van der Waals surface area contributed by atoms with Gasteiger partial charge in [0, 0.05) is 19.4 Å². The number of nitrogens with two attached hydrogens (primary N) is 1. The molecule has 462 valence electrons. The first-order valence-electron chi connectivity index (χ1n) is 27.7. The van der Waals surface area contributed by atoms with E-state index in [-0.39, 0.29) is 71.9 Å². The second kappa shape index (κ2) is 36.2. The van der Waals surface area contributed by atoms with Crippen LogP contribution in [0.1, 0.15) is 91.8 Å². The molecule has 0 saturated heterocycles. The number of carbonyl (C=O) groups excluding carboxylic acids is 7. The standard InChI is InChI=1S/C62H82N6O14.CH2O2/c1-11-31-78-45-26-28-46(29-27-45)79-36-35-77-34-33-76-32-30-64-56(72)51(40-53(69)81-61(5,6)7)67-59(75)52(41-54(70)82-62(8,9)10)68-58(74)50(38-43-20-16-13-17-21-43)66-57(73)49(39-44-22-24-47(25-23-44)80-60(2,3)4)65-55(71)48(63)37-42-18-14-12-15-19-42;2-1-3/h1,12-29,48-52H,30-41,63H2,2-10H3,(H,64,72)(H,65,71)(H,66,73)(H,67,75)(H,68,74);1H,(H,2,3)/t48-,49?,50-,51-,52-;/m0./s1. The van der Waals surface area contributed by atoms with Gasteiger partial charge in [-0.05, 0) is 122 Å². The van der Waals surface area contributed by atoms with Crippen molar-refractivity contribution in [1.29, 1.82) is 0 Å². The van der Waals surface area contributed by atoms with E-state index >= 15 is 0 Å². The van der Waals surface area contributed by atoms with Crippen molar-refractivity contribution in [3.63, 3.8) is 0 Å². The zero-order valence-corrected chi connectivity index (χ0v) is 50.1. The van der Waals surface area contributed by atoms with Crippen LogP contribution in [0.15, 0.2) is 109 Å². The molecule has 5 amide bonds. The number of carbonyl (C=O) groups is 8. The second-order valence-corrected chi connectivity index (χ2v) is 22.3. The molecule has 1 unspecified atom stereocenters. The maximum Gasteiger partial charge on any atom is 0.308 e. The zero-order chi connectivity index (χ0) is 63.0. The fraction of sp³-hybridized carbons (Fsp3) is 0.460. The van der Waals surface area contributed by atoms with Gasteiger partial charge in [0.05, 0.1) is 45.3 Å². The largest absolute Gasteiger partial charge is 0.491 e. The predicted molar refractivity (Wildman–Crippen MR) is 317 cm³/mol. The van der Waals surface area contributed by atoms with Crippen LogP contribution < -0.4 is 46.5 Å². The molecule has 22 heteroatoms. The van der Waals surface area contributed by atoms with Gasteiger partial charge >= 0.3 is 11.9 Å². The van der Waals surface area contributed by atoms with Crippen LogP contribution in [0.4, 0.5) is 0 Å². The van der Waals surface area contributed by atoms with Crippen LogP contribution >= 0.6 is 0 Å². The molecule has 0 aliphatic carbocycles. The molecule has 0 fully saturated rings. The number of carboxylic acid groups (broad SMARTS) is 1. The van der Waals surface area contributed by atoms with Crippen molar-refractivity contribution >= 4 is 47.9 Å². The first-order valence-corrected chi connectivity index (χ1v) is 27.7. The van der Waals surface area contributed by atoms with E-state index in [9.17, 15) is 33.6 Å². The van der Waals surface area contributed by atoms with Gasteiger partial charge < -0.3 is 70.6 Å². The summed E-state index contributed by atoms with van der Waals surface area (Å²) in [6.45, 7) is 16.4. The molecule has 85 heavy (non-hydrogen) atoms. The summed E-state index contributed by atoms with van der Waals surface area (Å²) in [6.07, 6.45) is 3.89. The minimum absolute atomic E-state index is 0.0301. The van der Waals surface area contributed by atoms with E-state index in [4.69, 9.17) is 55.2 Å². The third-order valence-electron chi connectivity index (χ3n) is 11.4. The summed E-state index contributed by atoms with van der Waals surface area (Å²) in [6, 6.07) is 24.8. The topological polar surface area (TPSA) is 308 Å². The molecule has 5 atom stereocenters. The van der Waals surface area contributed by atoms with Crippen LogP contribution in [-0.4, -0.2) is 146 Å². The van der Waals surface area contributed by atoms with Crippen LogP contribution in [0.5, 0.6) is 17.2 Å². The lowest BCUT2D eigenvalue weighted by Gasteiger charge is -2.28. The van der Waals surface area contributed by atoms with Gasteiger partial charge in [0.2, 0.25) is 29.5 Å². The Morgan fingerprint density at radius 2 is 0.894 bits per heavy atom. The molecule has 0 bridgehead atoms. The lowest BCUT2D eigenvalue weighted by atomic mass is 10.0. The van der Waals surface area contributed by atoms with Gasteiger partial charge in [-0.25, -0.2) is 0 Å². The Labute approximate surface area is 498 Å². The lowest BCUT2D eigenvalue weighted by Crippen LogP contribution is -2.60. The molecule has 22 nitrogen and oxygen atoms in total. The molecule has 0 aliphatic heterocycles. The fourth-order valence-electron chi connectivity index (χ4n) is 7.79. The van der Waals surface area contributed by atoms with E-state index in [0.29, 0.717) is 28.4 Å². The van der Waals surface area contributed by atoms with Crippen molar-refractivity contribution < 1.29 is 76.6 Å². The fourth-order valence-corrected chi connectivity index (χ4v) is 7.79. The molecule has 4 rings (SSSR count). The molecule has 0 heterocycles. The van der Waals surface area contributed by atoms with E-state index < -0.39 is 101 Å². The van der Waals surface area contributed by atoms with Crippen LogP contribution in [0.2, 0.25) is 0 Å². The smallest absolute Gasteiger partial charge is 0.308 e. The highest BCUT2D eigenvalue weighted by atomic mass is 16.6. The minimum atomic E-state index is -1.72. The molecular weight excluding hydrogens is 1100 g/mol. The average molecular weight is 1180 g/mol. The first kappa shape index (κ1) is 70.7. The predicted octanol–water partition coefficient (Wildman–Crippen LogP) is 4.56. The molecule has 0 saturated carbocycles. The van der Waals surface area contributed by atoms with E-state index in [1.807, 2.05) is 51.1 Å². The number of terminal acetylenes is 1. The van der Waals surface area contributed by atoms with E-state index in [2.05, 4.69) is 32.5 Å². The van der Waals surface area contributed by atoms with Crippen molar-refractivity contribution in [3.8, 4) is 29.6 Å². The SMILES string of the molecule is C#CCOc1ccc(OCCOCCOCCNC(=O)[C@H](CC(=O)OC(C)(C)C)NC(=O)[C@H](CC(=O)OC(C)(C)C)NC(=O)[C@H](Cc2ccccc2)NC(=O)C(Cc2ccc(OC(C)(C)C)cc2)NC(=O)[C@@H](N)Cc2ccccc2)cc1.O=CO. The van der Waals surface area contributed by atoms with Crippen LogP contribution in [-0.2, 0) is 76.6 Å². The zero-order valence-electron chi connectivity index (χ0n) is 50.1. The monoisotopic (exact) mass is 1180 g/mol. The number of amides is 5. The van der Waals surface area contributed by atoms with Crippen molar-refractivity contribution in [1.82, 2.24) is 26.6 Å². The van der Waals surface area contributed by atoms with E-state index in [1.165, 1.54) is 0 Å². The maximum atomic E-state index is 14.7. The van der Waals surface area contributed by atoms with Gasteiger partial charge in [-0.3, -0.25) is 38.4 Å². The van der Waals surface area contributed by atoms with Gasteiger partial charge in [0.15, 0.2) is 0 Å². The molecule has 0 aliphatic rings. The molecule has 0 spiro atoms. The maximum absolute atomic E-state index is 14.7. The molecule has 0 radical (unpaired) electrons. The van der Waals surface area contributed by atoms with Crippen molar-refractivity contribution in [3.05, 3.63) is 126 Å². The Balaban J connectivity index is 0.00000617. The third-order valence-corrected chi connectivity index (χ3v) is 11.4. The highest BCUT2D eigenvalue weighted by Crippen LogP contribution is 2.21. The number of nitrogens with one attached hydrogen (secondary N) is 5. The summed E-state index contributed by atoms with van der Waals surface area (Å²) < 4.78 is 39.3. The van der Waals surface area contributed by atoms with Crippen molar-refractivity contribution in [2.24, 2.45) is 5.73 Å². The molecule has 4 aromatic rings. The Morgan fingerprint density at radius 1 is 0.506 bits per heavy atom. The van der Waals surface area contributed by atoms with Gasteiger partial charge in [-0.2, -0.15) is 0 Å². The summed E-state index contributed by atoms with van der Waals surface area (Å²) in [7, 11) is 0. The van der Waals surface area contributed by atoms with Crippen molar-refractivity contribution in [2.45, 2.75) is 141 Å². The number of hydrogen-bond donors (Lipinski definition) is 7. The Hall–Kier alpha value is -8.52. The molecule has 0 aromatic heterocycles. The Kier molecular flexibility index (Phi) is 30.2. The Bertz CT molecular complexity index is 2760. The highest BCUT2D eigenvalue weighted by Gasteiger charge is 2.35. The average Bonchev–Trinajstić information content (AvgIpc) is 3.49. The number of rotatable bonds is 32. The highest BCUT2D eigenvalue weighted by molar-refractivity contribution is 5.98. The number of hydrogen-bond acceptors (Lipinski definition) is 16. The van der Waals surface area contributed by atoms with Crippen molar-refractivity contribution in [2.75, 3.05) is 46.2 Å². The normalized spacial score (nSPS) is 13.0. The van der Waals surface area contributed by atoms with E-state index in [0.717, 1.165) is 5.56 Å². The quantitative estimate of drug-likeness (QED) is 0.0153. The number of benzene rings is 4. The lowest BCUT2D eigenvalue weighted by molar-refractivity contribution is -0.158. The van der Waals surface area contributed by atoms with Gasteiger partial charge in [0.25, 0.3) is 6.47 Å². The second-order valence-electron chi connectivity index (χ2n) is 22.3. The summed E-state index contributed by atoms with van der Waals surface area (Å²) in [5, 5.41) is 20.3. The van der Waals surface area contributed by atoms with Crippen LogP contribution in [0, 0.1) is 12.3 Å². The summed E-state index contributed by atoms with van der Waals surface area (Å²) in [5.41, 5.74) is 6.01. The molecule has 8 N–H and O–H groups in total. The van der Waals surface area contributed by atoms with Gasteiger partial charge in [0.1, 0.15) is 71.4 Å².